The van der Waals surface area contributed by atoms with Crippen LogP contribution in [0.1, 0.15) is 25.7 Å². The van der Waals surface area contributed by atoms with Gasteiger partial charge in [-0.05, 0) is 30.7 Å². The van der Waals surface area contributed by atoms with Gasteiger partial charge in [-0.25, -0.2) is 9.97 Å². The van der Waals surface area contributed by atoms with Gasteiger partial charge in [0, 0.05) is 31.5 Å². The zero-order valence-electron chi connectivity index (χ0n) is 11.8. The van der Waals surface area contributed by atoms with Crippen LogP contribution in [0, 0.1) is 5.92 Å². The molecule has 2 aliphatic rings. The van der Waals surface area contributed by atoms with Crippen LogP contribution < -0.4 is 10.2 Å². The van der Waals surface area contributed by atoms with Gasteiger partial charge in [0.05, 0.1) is 5.39 Å². The van der Waals surface area contributed by atoms with E-state index >= 15 is 0 Å². The normalized spacial score (nSPS) is 26.3. The van der Waals surface area contributed by atoms with Crippen molar-refractivity contribution in [3.63, 3.8) is 0 Å². The van der Waals surface area contributed by atoms with Gasteiger partial charge in [-0.1, -0.05) is 0 Å². The Hall–Kier alpha value is -1.69. The van der Waals surface area contributed by atoms with Crippen molar-refractivity contribution in [3.8, 4) is 0 Å². The van der Waals surface area contributed by atoms with Crippen molar-refractivity contribution in [3.05, 3.63) is 17.8 Å². The maximum atomic E-state index is 11.6. The number of aromatic nitrogens is 2. The molecule has 0 aromatic carbocycles. The fourth-order valence-corrected chi connectivity index (χ4v) is 4.34. The van der Waals surface area contributed by atoms with Crippen LogP contribution in [0.2, 0.25) is 0 Å². The molecule has 2 saturated heterocycles. The van der Waals surface area contributed by atoms with Crippen LogP contribution in [0.3, 0.4) is 0 Å². The third-order valence-electron chi connectivity index (χ3n) is 4.62. The van der Waals surface area contributed by atoms with E-state index in [0.29, 0.717) is 18.4 Å². The molecule has 2 aliphatic heterocycles. The summed E-state index contributed by atoms with van der Waals surface area (Å²) in [4.78, 5) is 23.9. The lowest BCUT2D eigenvalue weighted by Gasteiger charge is -2.39. The summed E-state index contributed by atoms with van der Waals surface area (Å²) in [7, 11) is 0. The summed E-state index contributed by atoms with van der Waals surface area (Å²) in [6.45, 7) is 1.83. The molecule has 0 unspecified atom stereocenters. The molecule has 0 spiro atoms. The second-order valence-corrected chi connectivity index (χ2v) is 6.76. The van der Waals surface area contributed by atoms with Gasteiger partial charge in [0.1, 0.15) is 17.0 Å². The van der Waals surface area contributed by atoms with Crippen LogP contribution >= 0.6 is 11.3 Å². The van der Waals surface area contributed by atoms with E-state index in [0.717, 1.165) is 35.5 Å². The molecule has 2 fully saturated rings. The molecule has 4 heterocycles. The van der Waals surface area contributed by atoms with Crippen LogP contribution in [0.25, 0.3) is 10.2 Å². The topological polar surface area (TPSA) is 58.1 Å². The molecular weight excluding hydrogens is 284 g/mol. The molecule has 4 rings (SSSR count). The van der Waals surface area contributed by atoms with E-state index in [1.165, 1.54) is 12.8 Å². The van der Waals surface area contributed by atoms with Crippen molar-refractivity contribution in [2.45, 2.75) is 31.7 Å². The van der Waals surface area contributed by atoms with Crippen molar-refractivity contribution in [2.24, 2.45) is 5.92 Å². The molecule has 0 radical (unpaired) electrons. The molecule has 6 heteroatoms. The van der Waals surface area contributed by atoms with Gasteiger partial charge in [0.2, 0.25) is 5.91 Å². The number of carbonyl (C=O) groups excluding carboxylic acids is 1. The molecule has 1 amide bonds. The summed E-state index contributed by atoms with van der Waals surface area (Å²) in [5.74, 6) is 1.64. The summed E-state index contributed by atoms with van der Waals surface area (Å²) < 4.78 is 0. The number of thiophene rings is 1. The Kier molecular flexibility index (Phi) is 3.25. The SMILES string of the molecule is O=C1C[C@@H]([C@H]2CCCCN2c2ncnc3sccc23)CN1. The highest BCUT2D eigenvalue weighted by atomic mass is 32.1. The fraction of sp³-hybridized carbons (Fsp3) is 0.533. The number of amides is 1. The van der Waals surface area contributed by atoms with E-state index in [1.807, 2.05) is 0 Å². The van der Waals surface area contributed by atoms with Crippen molar-refractivity contribution in [2.75, 3.05) is 18.0 Å². The number of carbonyl (C=O) groups is 1. The first-order valence-corrected chi connectivity index (χ1v) is 8.42. The molecule has 2 atom stereocenters. The smallest absolute Gasteiger partial charge is 0.220 e. The maximum Gasteiger partial charge on any atom is 0.220 e. The van der Waals surface area contributed by atoms with Crippen LogP contribution in [-0.2, 0) is 4.79 Å². The minimum Gasteiger partial charge on any atom is -0.356 e. The fourth-order valence-electron chi connectivity index (χ4n) is 3.62. The Morgan fingerprint density at radius 1 is 1.33 bits per heavy atom. The molecule has 0 saturated carbocycles. The number of nitrogens with zero attached hydrogens (tertiary/aromatic N) is 3. The van der Waals surface area contributed by atoms with Crippen LogP contribution in [0.4, 0.5) is 5.82 Å². The van der Waals surface area contributed by atoms with Gasteiger partial charge in [-0.3, -0.25) is 4.79 Å². The number of fused-ring (bicyclic) bond motifs is 1. The summed E-state index contributed by atoms with van der Waals surface area (Å²) in [5.41, 5.74) is 0. The summed E-state index contributed by atoms with van der Waals surface area (Å²) in [6, 6.07) is 2.52. The Balaban J connectivity index is 1.70. The molecule has 0 aliphatic carbocycles. The number of piperidine rings is 1. The largest absolute Gasteiger partial charge is 0.356 e. The highest BCUT2D eigenvalue weighted by Crippen LogP contribution is 2.34. The predicted molar refractivity (Wildman–Crippen MR) is 83.5 cm³/mol. The Morgan fingerprint density at radius 3 is 3.14 bits per heavy atom. The first-order chi connectivity index (χ1) is 10.3. The first-order valence-electron chi connectivity index (χ1n) is 7.54. The number of hydrogen-bond donors (Lipinski definition) is 1. The predicted octanol–water partition coefficient (Wildman–Crippen LogP) is 2.19. The van der Waals surface area contributed by atoms with Crippen LogP contribution in [0.15, 0.2) is 17.8 Å². The van der Waals surface area contributed by atoms with Gasteiger partial charge in [-0.2, -0.15) is 0 Å². The minimum absolute atomic E-state index is 0.189. The lowest BCUT2D eigenvalue weighted by atomic mass is 9.89. The number of anilines is 1. The molecule has 0 bridgehead atoms. The average Bonchev–Trinajstić information content (AvgIpc) is 3.15. The van der Waals surface area contributed by atoms with E-state index < -0.39 is 0 Å². The van der Waals surface area contributed by atoms with Gasteiger partial charge >= 0.3 is 0 Å². The highest BCUT2D eigenvalue weighted by Gasteiger charge is 2.35. The van der Waals surface area contributed by atoms with Gasteiger partial charge in [-0.15, -0.1) is 11.3 Å². The monoisotopic (exact) mass is 302 g/mol. The number of rotatable bonds is 2. The van der Waals surface area contributed by atoms with E-state index in [-0.39, 0.29) is 5.91 Å². The molecule has 21 heavy (non-hydrogen) atoms. The quantitative estimate of drug-likeness (QED) is 0.924. The van der Waals surface area contributed by atoms with E-state index in [9.17, 15) is 4.79 Å². The third-order valence-corrected chi connectivity index (χ3v) is 5.44. The molecule has 2 aromatic rings. The average molecular weight is 302 g/mol. The summed E-state index contributed by atoms with van der Waals surface area (Å²) in [5, 5.41) is 6.19. The Morgan fingerprint density at radius 2 is 2.29 bits per heavy atom. The zero-order valence-corrected chi connectivity index (χ0v) is 12.6. The second-order valence-electron chi connectivity index (χ2n) is 5.86. The maximum absolute atomic E-state index is 11.6. The van der Waals surface area contributed by atoms with Crippen molar-refractivity contribution in [1.29, 1.82) is 0 Å². The number of hydrogen-bond acceptors (Lipinski definition) is 5. The van der Waals surface area contributed by atoms with Gasteiger partial charge in [0.25, 0.3) is 0 Å². The van der Waals surface area contributed by atoms with E-state index in [2.05, 4.69) is 31.6 Å². The van der Waals surface area contributed by atoms with Gasteiger partial charge in [0.15, 0.2) is 0 Å². The van der Waals surface area contributed by atoms with Gasteiger partial charge < -0.3 is 10.2 Å². The molecule has 5 nitrogen and oxygen atoms in total. The second kappa shape index (κ2) is 5.26. The summed E-state index contributed by atoms with van der Waals surface area (Å²) in [6.07, 6.45) is 5.90. The zero-order chi connectivity index (χ0) is 14.2. The Bertz CT molecular complexity index is 670. The Labute approximate surface area is 127 Å². The van der Waals surface area contributed by atoms with E-state index in [4.69, 9.17) is 0 Å². The third kappa shape index (κ3) is 2.27. The van der Waals surface area contributed by atoms with Crippen molar-refractivity contribution < 1.29 is 4.79 Å². The van der Waals surface area contributed by atoms with Crippen molar-refractivity contribution >= 4 is 33.3 Å². The van der Waals surface area contributed by atoms with Crippen LogP contribution in [0.5, 0.6) is 0 Å². The minimum atomic E-state index is 0.189. The molecule has 110 valence electrons. The number of nitrogens with one attached hydrogen (secondary N) is 1. The highest BCUT2D eigenvalue weighted by molar-refractivity contribution is 7.16. The van der Waals surface area contributed by atoms with Crippen LogP contribution in [-0.4, -0.2) is 35.0 Å². The summed E-state index contributed by atoms with van der Waals surface area (Å²) >= 11 is 1.66. The standard InChI is InChI=1S/C15H18N4OS/c20-13-7-10(8-16-13)12-3-1-2-5-19(12)14-11-4-6-21-15(11)18-9-17-14/h4,6,9-10,12H,1-3,5,7-8H2,(H,16,20)/t10-,12-/m1/s1. The molecule has 1 N–H and O–H groups in total. The molecular formula is C15H18N4OS. The lowest BCUT2D eigenvalue weighted by molar-refractivity contribution is -0.119. The lowest BCUT2D eigenvalue weighted by Crippen LogP contribution is -2.45. The molecule has 2 aromatic heterocycles. The first kappa shape index (κ1) is 13.0. The van der Waals surface area contributed by atoms with Crippen molar-refractivity contribution in [1.82, 2.24) is 15.3 Å². The van der Waals surface area contributed by atoms with E-state index in [1.54, 1.807) is 17.7 Å².